The number of aryl methyl sites for hydroxylation is 1. The summed E-state index contributed by atoms with van der Waals surface area (Å²) in [6, 6.07) is 1.61. The van der Waals surface area contributed by atoms with Crippen molar-refractivity contribution in [3.8, 4) is 0 Å². The van der Waals surface area contributed by atoms with Crippen molar-refractivity contribution in [3.63, 3.8) is 0 Å². The van der Waals surface area contributed by atoms with Gasteiger partial charge in [0.25, 0.3) is 0 Å². The van der Waals surface area contributed by atoms with Crippen LogP contribution >= 0.6 is 23.5 Å². The van der Waals surface area contributed by atoms with Gasteiger partial charge >= 0.3 is 0 Å². The molecule has 1 aromatic rings. The summed E-state index contributed by atoms with van der Waals surface area (Å²) >= 11 is 3.72. The van der Waals surface area contributed by atoms with Crippen molar-refractivity contribution >= 4 is 33.5 Å². The number of furan rings is 1. The number of hydrogen-bond donors (Lipinski definition) is 2. The predicted molar refractivity (Wildman–Crippen MR) is 89.6 cm³/mol. The van der Waals surface area contributed by atoms with Crippen molar-refractivity contribution in [2.75, 3.05) is 30.3 Å². The van der Waals surface area contributed by atoms with E-state index in [2.05, 4.69) is 10.0 Å². The van der Waals surface area contributed by atoms with Gasteiger partial charge in [-0.05, 0) is 13.5 Å². The average molecular weight is 351 g/mol. The molecule has 0 spiro atoms. The minimum atomic E-state index is -3.49. The van der Waals surface area contributed by atoms with E-state index in [9.17, 15) is 8.42 Å². The van der Waals surface area contributed by atoms with Gasteiger partial charge in [0.15, 0.2) is 0 Å². The highest BCUT2D eigenvalue weighted by Gasteiger charge is 2.23. The molecule has 2 N–H and O–H groups in total. The van der Waals surface area contributed by atoms with Crippen molar-refractivity contribution in [2.45, 2.75) is 30.5 Å². The first kappa shape index (κ1) is 17.2. The molecule has 120 valence electrons. The second-order valence-corrected chi connectivity index (χ2v) is 9.13. The van der Waals surface area contributed by atoms with E-state index in [1.807, 2.05) is 30.4 Å². The molecule has 2 heterocycles. The highest BCUT2D eigenvalue weighted by atomic mass is 32.2. The van der Waals surface area contributed by atoms with Crippen LogP contribution in [0.1, 0.15) is 18.4 Å². The van der Waals surface area contributed by atoms with Crippen LogP contribution < -0.4 is 10.0 Å². The van der Waals surface area contributed by atoms with Crippen molar-refractivity contribution in [3.05, 3.63) is 17.6 Å². The predicted octanol–water partition coefficient (Wildman–Crippen LogP) is 1.82. The largest absolute Gasteiger partial charge is 0.464 e. The number of rotatable bonds is 7. The van der Waals surface area contributed by atoms with Gasteiger partial charge in [0.2, 0.25) is 10.0 Å². The van der Waals surface area contributed by atoms with E-state index in [-0.39, 0.29) is 4.90 Å². The SMILES string of the molecule is CCNCc1cc(S(=O)(=O)NCC2CSCCS2)c(C)o1. The molecule has 0 radical (unpaired) electrons. The van der Waals surface area contributed by atoms with Crippen LogP contribution in [-0.4, -0.2) is 44.0 Å². The molecule has 1 aromatic heterocycles. The smallest absolute Gasteiger partial charge is 0.244 e. The Bertz CT molecular complexity index is 551. The van der Waals surface area contributed by atoms with Crippen LogP contribution in [0.3, 0.4) is 0 Å². The topological polar surface area (TPSA) is 71.3 Å². The van der Waals surface area contributed by atoms with E-state index in [0.29, 0.717) is 29.9 Å². The standard InChI is InChI=1S/C13H22N2O3S3/c1-3-14-7-11-6-13(10(2)18-11)21(16,17)15-8-12-9-19-4-5-20-12/h6,12,14-15H,3-5,7-9H2,1-2H3. The summed E-state index contributed by atoms with van der Waals surface area (Å²) < 4.78 is 33.0. The second kappa shape index (κ2) is 7.92. The Morgan fingerprint density at radius 2 is 2.24 bits per heavy atom. The molecular formula is C13H22N2O3S3. The number of thioether (sulfide) groups is 2. The molecular weight excluding hydrogens is 328 g/mol. The van der Waals surface area contributed by atoms with Gasteiger partial charge in [0.05, 0.1) is 6.54 Å². The quantitative estimate of drug-likeness (QED) is 0.782. The lowest BCUT2D eigenvalue weighted by atomic mass is 10.4. The van der Waals surface area contributed by atoms with Gasteiger partial charge in [-0.1, -0.05) is 6.92 Å². The fourth-order valence-corrected chi connectivity index (χ4v) is 6.06. The third kappa shape index (κ3) is 4.92. The first-order valence-electron chi connectivity index (χ1n) is 7.02. The van der Waals surface area contributed by atoms with Crippen LogP contribution in [0.4, 0.5) is 0 Å². The highest BCUT2D eigenvalue weighted by molar-refractivity contribution is 8.06. The molecule has 1 atom stereocenters. The van der Waals surface area contributed by atoms with Gasteiger partial charge < -0.3 is 9.73 Å². The van der Waals surface area contributed by atoms with E-state index in [1.165, 1.54) is 0 Å². The molecule has 1 aliphatic heterocycles. The highest BCUT2D eigenvalue weighted by Crippen LogP contribution is 2.24. The molecule has 21 heavy (non-hydrogen) atoms. The Hall–Kier alpha value is -0.150. The van der Waals surface area contributed by atoms with Crippen LogP contribution in [0.5, 0.6) is 0 Å². The average Bonchev–Trinajstić information content (AvgIpc) is 2.86. The maximum absolute atomic E-state index is 12.4. The zero-order valence-electron chi connectivity index (χ0n) is 12.3. The van der Waals surface area contributed by atoms with Crippen molar-refractivity contribution in [2.24, 2.45) is 0 Å². The molecule has 0 bridgehead atoms. The van der Waals surface area contributed by atoms with Gasteiger partial charge in [-0.3, -0.25) is 0 Å². The molecule has 1 aliphatic rings. The Kier molecular flexibility index (Phi) is 6.49. The maximum atomic E-state index is 12.4. The number of nitrogens with one attached hydrogen (secondary N) is 2. The lowest BCUT2D eigenvalue weighted by molar-refractivity contribution is 0.460. The van der Waals surface area contributed by atoms with Crippen LogP contribution in [0.15, 0.2) is 15.4 Å². The van der Waals surface area contributed by atoms with E-state index in [0.717, 1.165) is 23.8 Å². The first-order chi connectivity index (χ1) is 10.0. The maximum Gasteiger partial charge on any atom is 0.244 e. The van der Waals surface area contributed by atoms with Crippen LogP contribution in [0.25, 0.3) is 0 Å². The summed E-state index contributed by atoms with van der Waals surface area (Å²) in [6.07, 6.45) is 0. The number of hydrogen-bond acceptors (Lipinski definition) is 6. The summed E-state index contributed by atoms with van der Waals surface area (Å²) in [5.41, 5.74) is 0. The van der Waals surface area contributed by atoms with E-state index in [4.69, 9.17) is 4.42 Å². The number of sulfonamides is 1. The van der Waals surface area contributed by atoms with E-state index < -0.39 is 10.0 Å². The molecule has 5 nitrogen and oxygen atoms in total. The summed E-state index contributed by atoms with van der Waals surface area (Å²) in [4.78, 5) is 0.254. The molecule has 0 saturated carbocycles. The van der Waals surface area contributed by atoms with Crippen LogP contribution in [0, 0.1) is 6.92 Å². The van der Waals surface area contributed by atoms with Gasteiger partial charge in [0.1, 0.15) is 16.4 Å². The fraction of sp³-hybridized carbons (Fsp3) is 0.692. The monoisotopic (exact) mass is 350 g/mol. The molecule has 1 fully saturated rings. The third-order valence-corrected chi connectivity index (χ3v) is 7.52. The molecule has 1 unspecified atom stereocenters. The Morgan fingerprint density at radius 3 is 2.90 bits per heavy atom. The summed E-state index contributed by atoms with van der Waals surface area (Å²) in [5, 5.41) is 3.48. The Morgan fingerprint density at radius 1 is 1.43 bits per heavy atom. The molecule has 0 amide bonds. The van der Waals surface area contributed by atoms with Crippen LogP contribution in [-0.2, 0) is 16.6 Å². The zero-order valence-corrected chi connectivity index (χ0v) is 14.8. The summed E-state index contributed by atoms with van der Waals surface area (Å²) in [5.74, 6) is 4.35. The van der Waals surface area contributed by atoms with Crippen molar-refractivity contribution in [1.82, 2.24) is 10.0 Å². The summed E-state index contributed by atoms with van der Waals surface area (Å²) in [6.45, 7) is 5.52. The van der Waals surface area contributed by atoms with E-state index >= 15 is 0 Å². The third-order valence-electron chi connectivity index (χ3n) is 3.15. The second-order valence-electron chi connectivity index (χ2n) is 4.83. The van der Waals surface area contributed by atoms with Crippen molar-refractivity contribution in [1.29, 1.82) is 0 Å². The minimum Gasteiger partial charge on any atom is -0.464 e. The summed E-state index contributed by atoms with van der Waals surface area (Å²) in [7, 11) is -3.49. The molecule has 0 aliphatic carbocycles. The van der Waals surface area contributed by atoms with Crippen LogP contribution in [0.2, 0.25) is 0 Å². The zero-order chi connectivity index (χ0) is 15.3. The Labute approximate surface area is 135 Å². The van der Waals surface area contributed by atoms with Gasteiger partial charge in [-0.2, -0.15) is 23.5 Å². The minimum absolute atomic E-state index is 0.254. The van der Waals surface area contributed by atoms with Gasteiger partial charge in [-0.15, -0.1) is 0 Å². The normalized spacial score (nSPS) is 19.8. The lowest BCUT2D eigenvalue weighted by Gasteiger charge is -2.20. The van der Waals surface area contributed by atoms with Gasteiger partial charge in [0, 0.05) is 35.1 Å². The fourth-order valence-electron chi connectivity index (χ4n) is 2.06. The Balaban J connectivity index is 1.99. The first-order valence-corrected chi connectivity index (χ1v) is 10.7. The van der Waals surface area contributed by atoms with Crippen molar-refractivity contribution < 1.29 is 12.8 Å². The molecule has 1 saturated heterocycles. The molecule has 2 rings (SSSR count). The lowest BCUT2D eigenvalue weighted by Crippen LogP contribution is -2.33. The van der Waals surface area contributed by atoms with E-state index in [1.54, 1.807) is 13.0 Å². The molecule has 0 aromatic carbocycles. The van der Waals surface area contributed by atoms with Gasteiger partial charge in [-0.25, -0.2) is 13.1 Å². The molecule has 8 heteroatoms.